The molecule has 20 heavy (non-hydrogen) atoms. The van der Waals surface area contributed by atoms with E-state index in [9.17, 15) is 9.59 Å². The second-order valence-electron chi connectivity index (χ2n) is 4.80. The molecule has 0 aliphatic heterocycles. The molecule has 0 unspecified atom stereocenters. The van der Waals surface area contributed by atoms with Crippen molar-refractivity contribution in [1.82, 2.24) is 25.1 Å². The van der Waals surface area contributed by atoms with Crippen LogP contribution in [0.3, 0.4) is 0 Å². The molecule has 7 heteroatoms. The Morgan fingerprint density at radius 1 is 1.35 bits per heavy atom. The van der Waals surface area contributed by atoms with Gasteiger partial charge in [0.2, 0.25) is 0 Å². The number of aromatic amines is 1. The smallest absolute Gasteiger partial charge is 0.277 e. The summed E-state index contributed by atoms with van der Waals surface area (Å²) >= 11 is 0. The molecule has 0 aliphatic carbocycles. The van der Waals surface area contributed by atoms with Crippen LogP contribution in [0.25, 0.3) is 16.6 Å². The zero-order valence-corrected chi connectivity index (χ0v) is 11.0. The van der Waals surface area contributed by atoms with Crippen molar-refractivity contribution in [1.29, 1.82) is 0 Å². The van der Waals surface area contributed by atoms with Crippen molar-refractivity contribution < 1.29 is 4.79 Å². The van der Waals surface area contributed by atoms with E-state index in [-0.39, 0.29) is 22.8 Å². The summed E-state index contributed by atoms with van der Waals surface area (Å²) in [5.41, 5.74) is 1.14. The fraction of sp³-hybridized carbons (Fsp3) is 0.231. The molecule has 1 amide bonds. The van der Waals surface area contributed by atoms with Crippen molar-refractivity contribution in [2.75, 3.05) is 0 Å². The molecule has 0 aliphatic rings. The van der Waals surface area contributed by atoms with Crippen LogP contribution in [0.1, 0.15) is 24.3 Å². The van der Waals surface area contributed by atoms with Crippen LogP contribution in [-0.2, 0) is 0 Å². The quantitative estimate of drug-likeness (QED) is 0.718. The average Bonchev–Trinajstić information content (AvgIpc) is 2.83. The van der Waals surface area contributed by atoms with Gasteiger partial charge >= 0.3 is 0 Å². The molecule has 0 radical (unpaired) electrons. The third-order valence-corrected chi connectivity index (χ3v) is 2.90. The summed E-state index contributed by atoms with van der Waals surface area (Å²) in [5.74, 6) is -0.407. The number of hydrogen-bond donors (Lipinski definition) is 2. The zero-order chi connectivity index (χ0) is 14.3. The molecule has 1 aromatic carbocycles. The standard InChI is InChI=1S/C13H13N5O2/c1-7(2)14-12(19)10-11-13(20)15-8-5-3-4-6-9(8)18(11)17-16-10/h3-7H,1-2H3,(H,14,19)(H,15,20). The van der Waals surface area contributed by atoms with Gasteiger partial charge in [-0.25, -0.2) is 4.52 Å². The topological polar surface area (TPSA) is 92.2 Å². The van der Waals surface area contributed by atoms with Crippen molar-refractivity contribution in [3.8, 4) is 0 Å². The first kappa shape index (κ1) is 12.3. The summed E-state index contributed by atoms with van der Waals surface area (Å²) in [6.07, 6.45) is 0. The third-order valence-electron chi connectivity index (χ3n) is 2.90. The van der Waals surface area contributed by atoms with Gasteiger partial charge in [0.05, 0.1) is 11.0 Å². The van der Waals surface area contributed by atoms with Crippen LogP contribution in [0.2, 0.25) is 0 Å². The molecule has 0 saturated carbocycles. The van der Waals surface area contributed by atoms with Crippen LogP contribution in [0.4, 0.5) is 0 Å². The lowest BCUT2D eigenvalue weighted by Crippen LogP contribution is -2.31. The van der Waals surface area contributed by atoms with E-state index in [1.54, 1.807) is 12.1 Å². The van der Waals surface area contributed by atoms with Crippen molar-refractivity contribution >= 4 is 22.5 Å². The lowest BCUT2D eigenvalue weighted by molar-refractivity contribution is 0.0939. The van der Waals surface area contributed by atoms with Gasteiger partial charge in [0.25, 0.3) is 11.5 Å². The summed E-state index contributed by atoms with van der Waals surface area (Å²) in [4.78, 5) is 26.9. The minimum atomic E-state index is -0.407. The lowest BCUT2D eigenvalue weighted by atomic mass is 10.2. The molecule has 102 valence electrons. The summed E-state index contributed by atoms with van der Waals surface area (Å²) in [6.45, 7) is 3.67. The molecule has 7 nitrogen and oxygen atoms in total. The first-order valence-corrected chi connectivity index (χ1v) is 6.25. The van der Waals surface area contributed by atoms with Crippen molar-refractivity contribution in [2.45, 2.75) is 19.9 Å². The fourth-order valence-electron chi connectivity index (χ4n) is 2.08. The highest BCUT2D eigenvalue weighted by atomic mass is 16.2. The predicted octanol–water partition coefficient (Wildman–Crippen LogP) is 0.709. The summed E-state index contributed by atoms with van der Waals surface area (Å²) in [7, 11) is 0. The monoisotopic (exact) mass is 271 g/mol. The maximum atomic E-state index is 12.1. The second-order valence-corrected chi connectivity index (χ2v) is 4.80. The van der Waals surface area contributed by atoms with Gasteiger partial charge in [0.1, 0.15) is 0 Å². The van der Waals surface area contributed by atoms with Gasteiger partial charge in [-0.15, -0.1) is 5.10 Å². The van der Waals surface area contributed by atoms with Gasteiger partial charge in [-0.05, 0) is 26.0 Å². The lowest BCUT2D eigenvalue weighted by Gasteiger charge is -2.05. The Balaban J connectivity index is 2.30. The van der Waals surface area contributed by atoms with Crippen molar-refractivity contribution in [3.05, 3.63) is 40.3 Å². The van der Waals surface area contributed by atoms with E-state index in [1.807, 2.05) is 26.0 Å². The van der Waals surface area contributed by atoms with Gasteiger partial charge < -0.3 is 10.3 Å². The number of fused-ring (bicyclic) bond motifs is 3. The molecule has 0 saturated heterocycles. The van der Waals surface area contributed by atoms with Crippen LogP contribution >= 0.6 is 0 Å². The van der Waals surface area contributed by atoms with Crippen LogP contribution < -0.4 is 10.9 Å². The molecule has 0 spiro atoms. The number of hydrogen-bond acceptors (Lipinski definition) is 4. The number of aromatic nitrogens is 4. The molecular weight excluding hydrogens is 258 g/mol. The Hall–Kier alpha value is -2.70. The predicted molar refractivity (Wildman–Crippen MR) is 73.7 cm³/mol. The van der Waals surface area contributed by atoms with Crippen LogP contribution in [0.5, 0.6) is 0 Å². The molecule has 3 rings (SSSR count). The maximum absolute atomic E-state index is 12.1. The van der Waals surface area contributed by atoms with E-state index in [0.29, 0.717) is 11.0 Å². The van der Waals surface area contributed by atoms with Crippen molar-refractivity contribution in [3.63, 3.8) is 0 Å². The van der Waals surface area contributed by atoms with Crippen LogP contribution in [0.15, 0.2) is 29.1 Å². The van der Waals surface area contributed by atoms with E-state index >= 15 is 0 Å². The number of nitrogens with one attached hydrogen (secondary N) is 2. The number of rotatable bonds is 2. The van der Waals surface area contributed by atoms with Gasteiger partial charge in [-0.1, -0.05) is 17.3 Å². The van der Waals surface area contributed by atoms with E-state index in [2.05, 4.69) is 20.6 Å². The molecule has 0 bridgehead atoms. The number of benzene rings is 1. The SMILES string of the molecule is CC(C)NC(=O)c1nnn2c1c(=O)[nH]c1ccccc12. The van der Waals surface area contributed by atoms with E-state index in [1.165, 1.54) is 4.52 Å². The number of carbonyl (C=O) groups is 1. The number of nitrogens with zero attached hydrogens (tertiary/aromatic N) is 3. The molecule has 0 atom stereocenters. The minimum absolute atomic E-state index is 0.0331. The number of amides is 1. The largest absolute Gasteiger partial charge is 0.348 e. The Labute approximate surface area is 113 Å². The summed E-state index contributed by atoms with van der Waals surface area (Å²) in [5, 5.41) is 10.5. The van der Waals surface area contributed by atoms with Gasteiger partial charge in [0, 0.05) is 6.04 Å². The van der Waals surface area contributed by atoms with E-state index in [4.69, 9.17) is 0 Å². The molecule has 0 fully saturated rings. The molecule has 2 aromatic heterocycles. The Morgan fingerprint density at radius 3 is 2.85 bits per heavy atom. The number of H-pyrrole nitrogens is 1. The zero-order valence-electron chi connectivity index (χ0n) is 11.0. The molecular formula is C13H13N5O2. The number of para-hydroxylation sites is 2. The second kappa shape index (κ2) is 4.44. The Kier molecular flexibility index (Phi) is 2.74. The molecule has 2 heterocycles. The normalized spacial score (nSPS) is 11.3. The fourth-order valence-corrected chi connectivity index (χ4v) is 2.08. The minimum Gasteiger partial charge on any atom is -0.348 e. The highest BCUT2D eigenvalue weighted by Gasteiger charge is 2.19. The average molecular weight is 271 g/mol. The van der Waals surface area contributed by atoms with Gasteiger partial charge in [0.15, 0.2) is 11.2 Å². The summed E-state index contributed by atoms with van der Waals surface area (Å²) in [6, 6.07) is 7.17. The van der Waals surface area contributed by atoms with E-state index < -0.39 is 5.91 Å². The highest BCUT2D eigenvalue weighted by Crippen LogP contribution is 2.12. The highest BCUT2D eigenvalue weighted by molar-refractivity contribution is 5.99. The Morgan fingerprint density at radius 2 is 2.10 bits per heavy atom. The summed E-state index contributed by atoms with van der Waals surface area (Å²) < 4.78 is 1.39. The Bertz CT molecular complexity index is 862. The van der Waals surface area contributed by atoms with Crippen molar-refractivity contribution in [2.24, 2.45) is 0 Å². The van der Waals surface area contributed by atoms with Crippen LogP contribution in [-0.4, -0.2) is 31.8 Å². The van der Waals surface area contributed by atoms with Crippen LogP contribution in [0, 0.1) is 0 Å². The molecule has 3 aromatic rings. The van der Waals surface area contributed by atoms with Gasteiger partial charge in [-0.3, -0.25) is 9.59 Å². The number of carbonyl (C=O) groups excluding carboxylic acids is 1. The maximum Gasteiger partial charge on any atom is 0.277 e. The third kappa shape index (κ3) is 1.83. The first-order chi connectivity index (χ1) is 9.58. The van der Waals surface area contributed by atoms with E-state index in [0.717, 1.165) is 0 Å². The first-order valence-electron chi connectivity index (χ1n) is 6.25. The molecule has 2 N–H and O–H groups in total. The van der Waals surface area contributed by atoms with Gasteiger partial charge in [-0.2, -0.15) is 0 Å².